The molecule has 0 fully saturated rings. The van der Waals surface area contributed by atoms with E-state index >= 15 is 0 Å². The molecule has 2 N–H and O–H groups in total. The van der Waals surface area contributed by atoms with Crippen LogP contribution in [0, 0.1) is 0 Å². The van der Waals surface area contributed by atoms with E-state index in [0.717, 1.165) is 0 Å². The van der Waals surface area contributed by atoms with Crippen molar-refractivity contribution in [1.82, 2.24) is 4.90 Å². The van der Waals surface area contributed by atoms with Gasteiger partial charge in [-0.2, -0.15) is 0 Å². The van der Waals surface area contributed by atoms with E-state index in [1.165, 1.54) is 0 Å². The molecule has 1 atom stereocenters. The highest BCUT2D eigenvalue weighted by Crippen LogP contribution is 1.92. The summed E-state index contributed by atoms with van der Waals surface area (Å²) in [6, 6.07) is 0. The minimum Gasteiger partial charge on any atom is -0.396 e. The van der Waals surface area contributed by atoms with Crippen LogP contribution in [-0.2, 0) is 0 Å². The third-order valence-electron chi connectivity index (χ3n) is 0.780. The maximum atomic E-state index is 8.57. The van der Waals surface area contributed by atoms with Gasteiger partial charge in [-0.3, -0.25) is 0 Å². The lowest BCUT2D eigenvalue weighted by atomic mass is 10.2. The average molecular weight is 200 g/mol. The van der Waals surface area contributed by atoms with Crippen molar-refractivity contribution in [2.45, 2.75) is 25.9 Å². The van der Waals surface area contributed by atoms with E-state index in [1.807, 2.05) is 26.0 Å². The highest BCUT2D eigenvalue weighted by molar-refractivity contribution is 5.85. The molecule has 0 aromatic heterocycles. The number of rotatable bonds is 3. The number of aliphatic hydroxyl groups is 2. The summed E-state index contributed by atoms with van der Waals surface area (Å²) < 4.78 is 0. The van der Waals surface area contributed by atoms with E-state index in [9.17, 15) is 0 Å². The Morgan fingerprint density at radius 1 is 1.25 bits per heavy atom. The fourth-order valence-corrected chi connectivity index (χ4v) is 0.387. The van der Waals surface area contributed by atoms with Crippen LogP contribution in [0.3, 0.4) is 0 Å². The molecule has 78 valence electrons. The SMILES string of the molecule is CC(O)CCCO.CN(C)C.Cl. The Kier molecular flexibility index (Phi) is 20.7. The molecule has 0 radical (unpaired) electrons. The zero-order valence-corrected chi connectivity index (χ0v) is 9.27. The van der Waals surface area contributed by atoms with Gasteiger partial charge in [0, 0.05) is 6.61 Å². The molecule has 0 amide bonds. The Balaban J connectivity index is -0.000000142. The van der Waals surface area contributed by atoms with Crippen LogP contribution < -0.4 is 0 Å². The van der Waals surface area contributed by atoms with Gasteiger partial charge in [-0.1, -0.05) is 0 Å². The van der Waals surface area contributed by atoms with Gasteiger partial charge in [0.25, 0.3) is 0 Å². The van der Waals surface area contributed by atoms with Crippen LogP contribution in [0.2, 0.25) is 0 Å². The third-order valence-corrected chi connectivity index (χ3v) is 0.780. The fourth-order valence-electron chi connectivity index (χ4n) is 0.387. The van der Waals surface area contributed by atoms with E-state index in [1.54, 1.807) is 6.92 Å². The van der Waals surface area contributed by atoms with Crippen LogP contribution in [0.5, 0.6) is 0 Å². The summed E-state index contributed by atoms with van der Waals surface area (Å²) in [6.07, 6.45) is 1.15. The molecule has 3 nitrogen and oxygen atoms in total. The molecule has 0 aromatic rings. The minimum atomic E-state index is -0.257. The molecule has 1 unspecified atom stereocenters. The van der Waals surface area contributed by atoms with E-state index in [2.05, 4.69) is 0 Å². The zero-order valence-electron chi connectivity index (χ0n) is 8.45. The van der Waals surface area contributed by atoms with Crippen LogP contribution in [0.4, 0.5) is 0 Å². The Bertz CT molecular complexity index is 67.3. The van der Waals surface area contributed by atoms with Crippen LogP contribution >= 0.6 is 12.4 Å². The molecule has 0 bridgehead atoms. The smallest absolute Gasteiger partial charge is 0.0513 e. The molecule has 0 saturated heterocycles. The van der Waals surface area contributed by atoms with Crippen molar-refractivity contribution in [3.63, 3.8) is 0 Å². The maximum Gasteiger partial charge on any atom is 0.0513 e. The first kappa shape index (κ1) is 18.1. The summed E-state index contributed by atoms with van der Waals surface area (Å²) in [7, 11) is 6.00. The lowest BCUT2D eigenvalue weighted by Gasteiger charge is -1.98. The van der Waals surface area contributed by atoms with Gasteiger partial charge in [0.15, 0.2) is 0 Å². The number of nitrogens with zero attached hydrogens (tertiary/aromatic N) is 1. The summed E-state index contributed by atoms with van der Waals surface area (Å²) in [5.41, 5.74) is 0. The molecular weight excluding hydrogens is 178 g/mol. The van der Waals surface area contributed by atoms with Gasteiger partial charge in [0.05, 0.1) is 6.10 Å². The monoisotopic (exact) mass is 199 g/mol. The first-order chi connectivity index (χ1) is 5.00. The van der Waals surface area contributed by atoms with E-state index < -0.39 is 0 Å². The van der Waals surface area contributed by atoms with Crippen molar-refractivity contribution < 1.29 is 10.2 Å². The first-order valence-corrected chi connectivity index (χ1v) is 3.90. The van der Waals surface area contributed by atoms with Gasteiger partial charge in [-0.25, -0.2) is 0 Å². The second-order valence-corrected chi connectivity index (χ2v) is 3.06. The minimum absolute atomic E-state index is 0. The van der Waals surface area contributed by atoms with Gasteiger partial charge < -0.3 is 15.1 Å². The molecule has 12 heavy (non-hydrogen) atoms. The second-order valence-electron chi connectivity index (χ2n) is 3.06. The van der Waals surface area contributed by atoms with Crippen molar-refractivity contribution in [3.05, 3.63) is 0 Å². The van der Waals surface area contributed by atoms with Gasteiger partial charge in [-0.15, -0.1) is 12.4 Å². The van der Waals surface area contributed by atoms with E-state index in [4.69, 9.17) is 10.2 Å². The lowest BCUT2D eigenvalue weighted by Crippen LogP contribution is -1.99. The summed E-state index contributed by atoms with van der Waals surface area (Å²) in [5, 5.41) is 16.8. The molecule has 0 aliphatic carbocycles. The average Bonchev–Trinajstić information content (AvgIpc) is 1.82. The second kappa shape index (κ2) is 13.7. The predicted octanol–water partition coefficient (Wildman–Crippen LogP) is 0.739. The Hall–Kier alpha value is 0.170. The van der Waals surface area contributed by atoms with E-state index in [-0.39, 0.29) is 25.1 Å². The number of aliphatic hydroxyl groups excluding tert-OH is 2. The van der Waals surface area contributed by atoms with Crippen LogP contribution in [0.1, 0.15) is 19.8 Å². The predicted molar refractivity (Wildman–Crippen MR) is 54.9 cm³/mol. The van der Waals surface area contributed by atoms with Crippen molar-refractivity contribution in [2.24, 2.45) is 0 Å². The fraction of sp³-hybridized carbons (Fsp3) is 1.00. The largest absolute Gasteiger partial charge is 0.396 e. The van der Waals surface area contributed by atoms with Crippen LogP contribution in [0.25, 0.3) is 0 Å². The molecule has 0 spiro atoms. The van der Waals surface area contributed by atoms with Gasteiger partial charge >= 0.3 is 0 Å². The maximum absolute atomic E-state index is 8.57. The molecular formula is C8H22ClNO2. The third kappa shape index (κ3) is 49.2. The number of hydrogen-bond acceptors (Lipinski definition) is 3. The Labute approximate surface area is 81.8 Å². The summed E-state index contributed by atoms with van der Waals surface area (Å²) in [4.78, 5) is 2.00. The van der Waals surface area contributed by atoms with Crippen molar-refractivity contribution in [3.8, 4) is 0 Å². The topological polar surface area (TPSA) is 43.7 Å². The highest BCUT2D eigenvalue weighted by atomic mass is 35.5. The quantitative estimate of drug-likeness (QED) is 0.705. The number of hydrogen-bond donors (Lipinski definition) is 2. The van der Waals surface area contributed by atoms with Crippen molar-refractivity contribution >= 4 is 12.4 Å². The standard InChI is InChI=1S/C5H12O2.C3H9N.ClH/c1-5(7)3-2-4-6;1-4(2)3;/h5-7H,2-4H2,1H3;1-3H3;1H. The molecule has 0 saturated carbocycles. The molecule has 0 heterocycles. The highest BCUT2D eigenvalue weighted by Gasteiger charge is 1.90. The molecule has 0 aliphatic rings. The summed E-state index contributed by atoms with van der Waals surface area (Å²) >= 11 is 0. The zero-order chi connectivity index (χ0) is 9.28. The Morgan fingerprint density at radius 3 is 1.67 bits per heavy atom. The number of halogens is 1. The lowest BCUT2D eigenvalue weighted by molar-refractivity contribution is 0.167. The molecule has 0 aromatic carbocycles. The summed E-state index contributed by atoms with van der Waals surface area (Å²) in [5.74, 6) is 0. The molecule has 0 rings (SSSR count). The normalized spacial score (nSPS) is 11.2. The van der Waals surface area contributed by atoms with Gasteiger partial charge in [0.2, 0.25) is 0 Å². The van der Waals surface area contributed by atoms with E-state index in [0.29, 0.717) is 12.8 Å². The molecule has 4 heteroatoms. The van der Waals surface area contributed by atoms with Gasteiger partial charge in [-0.05, 0) is 40.9 Å². The van der Waals surface area contributed by atoms with Crippen molar-refractivity contribution in [1.29, 1.82) is 0 Å². The van der Waals surface area contributed by atoms with Crippen molar-refractivity contribution in [2.75, 3.05) is 27.7 Å². The van der Waals surface area contributed by atoms with Crippen LogP contribution in [0.15, 0.2) is 0 Å². The molecule has 0 aliphatic heterocycles. The Morgan fingerprint density at radius 2 is 1.58 bits per heavy atom. The first-order valence-electron chi connectivity index (χ1n) is 3.90. The van der Waals surface area contributed by atoms with Gasteiger partial charge in [0.1, 0.15) is 0 Å². The van der Waals surface area contributed by atoms with Crippen LogP contribution in [-0.4, -0.2) is 49.0 Å². The summed E-state index contributed by atoms with van der Waals surface area (Å²) in [6.45, 7) is 1.90.